The van der Waals surface area contributed by atoms with Gasteiger partial charge in [0.2, 0.25) is 0 Å². The van der Waals surface area contributed by atoms with Crippen molar-refractivity contribution in [1.82, 2.24) is 4.57 Å². The molecule has 0 saturated carbocycles. The molecule has 0 unspecified atom stereocenters. The summed E-state index contributed by atoms with van der Waals surface area (Å²) >= 11 is 0. The Kier molecular flexibility index (Phi) is 5.80. The number of pyridine rings is 1. The van der Waals surface area contributed by atoms with Crippen molar-refractivity contribution in [2.45, 2.75) is 58.9 Å². The predicted octanol–water partition coefficient (Wildman–Crippen LogP) is 2.79. The van der Waals surface area contributed by atoms with Crippen LogP contribution >= 0.6 is 0 Å². The van der Waals surface area contributed by atoms with E-state index in [1.807, 2.05) is 19.9 Å². The van der Waals surface area contributed by atoms with E-state index in [4.69, 9.17) is 5.11 Å². The fourth-order valence-corrected chi connectivity index (χ4v) is 2.19. The fourth-order valence-electron chi connectivity index (χ4n) is 2.19. The van der Waals surface area contributed by atoms with Crippen molar-refractivity contribution in [3.63, 3.8) is 0 Å². The molecule has 0 spiro atoms. The number of unbranched alkanes of at least 4 members (excludes halogenated alkanes) is 2. The molecule has 0 amide bonds. The summed E-state index contributed by atoms with van der Waals surface area (Å²) in [6.45, 7) is 6.88. The second kappa shape index (κ2) is 7.12. The van der Waals surface area contributed by atoms with Crippen molar-refractivity contribution in [1.29, 1.82) is 0 Å². The molecule has 0 aliphatic carbocycles. The molecule has 1 heterocycles. The predicted molar refractivity (Wildman–Crippen MR) is 75.7 cm³/mol. The van der Waals surface area contributed by atoms with Gasteiger partial charge in [0, 0.05) is 17.8 Å². The Morgan fingerprint density at radius 2 is 2.00 bits per heavy atom. The standard InChI is InChI=1S/C15H23NO3/c1-4-5-6-9-16-13(11(2)3)8-7-12(15(16)19)10-14(17)18/h7-8,11H,4-6,9-10H2,1-3H3,(H,17,18). The Morgan fingerprint density at radius 1 is 1.32 bits per heavy atom. The van der Waals surface area contributed by atoms with E-state index in [9.17, 15) is 9.59 Å². The Labute approximate surface area is 114 Å². The summed E-state index contributed by atoms with van der Waals surface area (Å²) in [5.74, 6) is -0.706. The van der Waals surface area contributed by atoms with Crippen LogP contribution in [-0.4, -0.2) is 15.6 Å². The third-order valence-electron chi connectivity index (χ3n) is 3.21. The smallest absolute Gasteiger partial charge is 0.308 e. The van der Waals surface area contributed by atoms with Crippen LogP contribution in [0.2, 0.25) is 0 Å². The summed E-state index contributed by atoms with van der Waals surface area (Å²) in [5, 5.41) is 8.83. The van der Waals surface area contributed by atoms with E-state index in [1.165, 1.54) is 0 Å². The first-order chi connectivity index (χ1) is 8.97. The van der Waals surface area contributed by atoms with Crippen LogP contribution in [0.15, 0.2) is 16.9 Å². The fraction of sp³-hybridized carbons (Fsp3) is 0.600. The molecule has 4 heteroatoms. The van der Waals surface area contributed by atoms with Gasteiger partial charge in [0.05, 0.1) is 6.42 Å². The molecule has 106 valence electrons. The largest absolute Gasteiger partial charge is 0.481 e. The topological polar surface area (TPSA) is 59.3 Å². The summed E-state index contributed by atoms with van der Waals surface area (Å²) in [7, 11) is 0. The Bertz CT molecular complexity index is 489. The lowest BCUT2D eigenvalue weighted by atomic mass is 10.1. The van der Waals surface area contributed by atoms with Crippen LogP contribution in [0.25, 0.3) is 0 Å². The normalized spacial score (nSPS) is 10.9. The van der Waals surface area contributed by atoms with Crippen LogP contribution in [-0.2, 0) is 17.8 Å². The molecular weight excluding hydrogens is 242 g/mol. The molecule has 0 bridgehead atoms. The van der Waals surface area contributed by atoms with Crippen LogP contribution < -0.4 is 5.56 Å². The first-order valence-electron chi connectivity index (χ1n) is 6.91. The van der Waals surface area contributed by atoms with Crippen molar-refractivity contribution in [3.05, 3.63) is 33.7 Å². The maximum atomic E-state index is 12.3. The number of hydrogen-bond donors (Lipinski definition) is 1. The molecule has 19 heavy (non-hydrogen) atoms. The van der Waals surface area contributed by atoms with Gasteiger partial charge in [-0.1, -0.05) is 39.7 Å². The first kappa shape index (κ1) is 15.5. The van der Waals surface area contributed by atoms with Crippen LogP contribution in [0.4, 0.5) is 0 Å². The highest BCUT2D eigenvalue weighted by molar-refractivity contribution is 5.69. The average molecular weight is 265 g/mol. The number of carboxylic acid groups (broad SMARTS) is 1. The van der Waals surface area contributed by atoms with Gasteiger partial charge in [-0.05, 0) is 18.4 Å². The van der Waals surface area contributed by atoms with Gasteiger partial charge in [-0.25, -0.2) is 0 Å². The van der Waals surface area contributed by atoms with E-state index in [-0.39, 0.29) is 17.9 Å². The van der Waals surface area contributed by atoms with E-state index in [2.05, 4.69) is 6.92 Å². The highest BCUT2D eigenvalue weighted by atomic mass is 16.4. The molecule has 0 radical (unpaired) electrons. The quantitative estimate of drug-likeness (QED) is 0.771. The zero-order valence-electron chi connectivity index (χ0n) is 12.0. The third-order valence-corrected chi connectivity index (χ3v) is 3.21. The molecule has 1 rings (SSSR count). The van der Waals surface area contributed by atoms with Crippen LogP contribution in [0, 0.1) is 0 Å². The van der Waals surface area contributed by atoms with Gasteiger partial charge in [-0.2, -0.15) is 0 Å². The molecule has 0 aliphatic rings. The van der Waals surface area contributed by atoms with Crippen LogP contribution in [0.3, 0.4) is 0 Å². The van der Waals surface area contributed by atoms with Crippen molar-refractivity contribution >= 4 is 5.97 Å². The lowest BCUT2D eigenvalue weighted by Crippen LogP contribution is -2.28. The molecule has 0 atom stereocenters. The molecular formula is C15H23NO3. The minimum absolute atomic E-state index is 0.148. The second-order valence-corrected chi connectivity index (χ2v) is 5.17. The zero-order valence-corrected chi connectivity index (χ0v) is 12.0. The number of hydrogen-bond acceptors (Lipinski definition) is 2. The second-order valence-electron chi connectivity index (χ2n) is 5.17. The summed E-state index contributed by atoms with van der Waals surface area (Å²) in [6.07, 6.45) is 2.92. The van der Waals surface area contributed by atoms with E-state index in [0.717, 1.165) is 25.0 Å². The molecule has 4 nitrogen and oxygen atoms in total. The SMILES string of the molecule is CCCCCn1c(C(C)C)ccc(CC(=O)O)c1=O. The molecule has 0 fully saturated rings. The molecule has 0 saturated heterocycles. The molecule has 0 aromatic carbocycles. The Balaban J connectivity index is 3.12. The van der Waals surface area contributed by atoms with Crippen molar-refractivity contribution < 1.29 is 9.90 Å². The number of rotatable bonds is 7. The van der Waals surface area contributed by atoms with Crippen molar-refractivity contribution in [2.75, 3.05) is 0 Å². The summed E-state index contributed by atoms with van der Waals surface area (Å²) in [6, 6.07) is 3.54. The number of carbonyl (C=O) groups is 1. The van der Waals surface area contributed by atoms with E-state index in [1.54, 1.807) is 10.6 Å². The van der Waals surface area contributed by atoms with Gasteiger partial charge in [-0.3, -0.25) is 9.59 Å². The van der Waals surface area contributed by atoms with E-state index in [0.29, 0.717) is 12.1 Å². The average Bonchev–Trinajstić information content (AvgIpc) is 2.33. The van der Waals surface area contributed by atoms with Gasteiger partial charge in [0.1, 0.15) is 0 Å². The van der Waals surface area contributed by atoms with Gasteiger partial charge in [0.25, 0.3) is 5.56 Å². The molecule has 1 N–H and O–H groups in total. The minimum atomic E-state index is -0.963. The highest BCUT2D eigenvalue weighted by Gasteiger charge is 2.13. The van der Waals surface area contributed by atoms with Crippen LogP contribution in [0.5, 0.6) is 0 Å². The van der Waals surface area contributed by atoms with Crippen molar-refractivity contribution in [3.8, 4) is 0 Å². The third kappa shape index (κ3) is 4.23. The van der Waals surface area contributed by atoms with E-state index < -0.39 is 5.97 Å². The number of aromatic nitrogens is 1. The molecule has 1 aromatic rings. The molecule has 0 aliphatic heterocycles. The lowest BCUT2D eigenvalue weighted by molar-refractivity contribution is -0.136. The molecule has 1 aromatic heterocycles. The van der Waals surface area contributed by atoms with Gasteiger partial charge < -0.3 is 9.67 Å². The minimum Gasteiger partial charge on any atom is -0.481 e. The van der Waals surface area contributed by atoms with Gasteiger partial charge in [0.15, 0.2) is 0 Å². The Hall–Kier alpha value is -1.58. The van der Waals surface area contributed by atoms with Gasteiger partial charge in [-0.15, -0.1) is 0 Å². The first-order valence-corrected chi connectivity index (χ1v) is 6.91. The van der Waals surface area contributed by atoms with Crippen molar-refractivity contribution in [2.24, 2.45) is 0 Å². The number of nitrogens with zero attached hydrogens (tertiary/aromatic N) is 1. The number of aliphatic carboxylic acids is 1. The Morgan fingerprint density at radius 3 is 2.53 bits per heavy atom. The zero-order chi connectivity index (χ0) is 14.4. The lowest BCUT2D eigenvalue weighted by Gasteiger charge is -2.16. The maximum absolute atomic E-state index is 12.3. The monoisotopic (exact) mass is 265 g/mol. The summed E-state index contributed by atoms with van der Waals surface area (Å²) in [4.78, 5) is 23.1. The van der Waals surface area contributed by atoms with E-state index >= 15 is 0 Å². The maximum Gasteiger partial charge on any atom is 0.308 e. The summed E-state index contributed by atoms with van der Waals surface area (Å²) < 4.78 is 1.75. The summed E-state index contributed by atoms with van der Waals surface area (Å²) in [5.41, 5.74) is 1.20. The van der Waals surface area contributed by atoms with Gasteiger partial charge >= 0.3 is 5.97 Å². The number of carboxylic acids is 1. The van der Waals surface area contributed by atoms with Crippen LogP contribution in [0.1, 0.15) is 57.2 Å². The highest BCUT2D eigenvalue weighted by Crippen LogP contribution is 2.14.